The Morgan fingerprint density at radius 3 is 2.78 bits per heavy atom. The summed E-state index contributed by atoms with van der Waals surface area (Å²) in [6.07, 6.45) is 5.30. The molecule has 1 aliphatic heterocycles. The maximum Gasteiger partial charge on any atom is 0.0207 e. The van der Waals surface area contributed by atoms with Gasteiger partial charge in [-0.25, -0.2) is 0 Å². The van der Waals surface area contributed by atoms with Gasteiger partial charge < -0.3 is 10.6 Å². The molecule has 0 aromatic heterocycles. The number of piperidine rings is 1. The van der Waals surface area contributed by atoms with Gasteiger partial charge in [0, 0.05) is 23.1 Å². The van der Waals surface area contributed by atoms with Gasteiger partial charge in [-0.05, 0) is 50.4 Å². The normalized spacial score (nSPS) is 21.8. The Morgan fingerprint density at radius 1 is 1.33 bits per heavy atom. The second-order valence-electron chi connectivity index (χ2n) is 5.29. The standard InChI is InChI=1S/C15H23BrN2/c1-12(10-15-4-2-3-9-17-15)18-11-13-5-7-14(16)8-6-13/h5-8,12,15,17-18H,2-4,9-11H2,1H3. The van der Waals surface area contributed by atoms with Gasteiger partial charge in [0.2, 0.25) is 0 Å². The summed E-state index contributed by atoms with van der Waals surface area (Å²) in [7, 11) is 0. The third kappa shape index (κ3) is 4.71. The van der Waals surface area contributed by atoms with Crippen molar-refractivity contribution in [1.82, 2.24) is 10.6 Å². The topological polar surface area (TPSA) is 24.1 Å². The summed E-state index contributed by atoms with van der Waals surface area (Å²) in [6, 6.07) is 9.83. The van der Waals surface area contributed by atoms with E-state index in [1.54, 1.807) is 0 Å². The van der Waals surface area contributed by atoms with Crippen LogP contribution in [0, 0.1) is 0 Å². The Hall–Kier alpha value is -0.380. The Bertz CT molecular complexity index is 344. The van der Waals surface area contributed by atoms with Crippen LogP contribution in [0.5, 0.6) is 0 Å². The van der Waals surface area contributed by atoms with Gasteiger partial charge in [-0.1, -0.05) is 34.5 Å². The highest BCUT2D eigenvalue weighted by atomic mass is 79.9. The van der Waals surface area contributed by atoms with Crippen molar-refractivity contribution in [2.24, 2.45) is 0 Å². The molecule has 1 aliphatic rings. The van der Waals surface area contributed by atoms with Crippen LogP contribution >= 0.6 is 15.9 Å². The molecule has 1 heterocycles. The van der Waals surface area contributed by atoms with Crippen LogP contribution in [0.4, 0.5) is 0 Å². The summed E-state index contributed by atoms with van der Waals surface area (Å²) in [5.41, 5.74) is 1.35. The predicted octanol–water partition coefficient (Wildman–Crippen LogP) is 3.46. The van der Waals surface area contributed by atoms with Crippen LogP contribution in [-0.4, -0.2) is 18.6 Å². The quantitative estimate of drug-likeness (QED) is 0.870. The summed E-state index contributed by atoms with van der Waals surface area (Å²) in [6.45, 7) is 4.44. The van der Waals surface area contributed by atoms with E-state index in [9.17, 15) is 0 Å². The number of benzene rings is 1. The zero-order valence-corrected chi connectivity index (χ0v) is 12.7. The second kappa shape index (κ2) is 7.27. The fraction of sp³-hybridized carbons (Fsp3) is 0.600. The molecule has 2 nitrogen and oxygen atoms in total. The summed E-state index contributed by atoms with van der Waals surface area (Å²) >= 11 is 3.46. The van der Waals surface area contributed by atoms with Crippen molar-refractivity contribution >= 4 is 15.9 Å². The van der Waals surface area contributed by atoms with Crippen molar-refractivity contribution in [1.29, 1.82) is 0 Å². The van der Waals surface area contributed by atoms with E-state index in [4.69, 9.17) is 0 Å². The minimum absolute atomic E-state index is 0.573. The van der Waals surface area contributed by atoms with Gasteiger partial charge >= 0.3 is 0 Å². The van der Waals surface area contributed by atoms with Gasteiger partial charge in [0.1, 0.15) is 0 Å². The summed E-state index contributed by atoms with van der Waals surface area (Å²) in [4.78, 5) is 0. The van der Waals surface area contributed by atoms with Crippen molar-refractivity contribution in [3.8, 4) is 0 Å². The average molecular weight is 311 g/mol. The predicted molar refractivity (Wildman–Crippen MR) is 80.7 cm³/mol. The number of rotatable bonds is 5. The van der Waals surface area contributed by atoms with Gasteiger partial charge in [0.05, 0.1) is 0 Å². The molecule has 2 rings (SSSR count). The molecule has 0 spiro atoms. The highest BCUT2D eigenvalue weighted by Crippen LogP contribution is 2.13. The lowest BCUT2D eigenvalue weighted by molar-refractivity contribution is 0.344. The van der Waals surface area contributed by atoms with E-state index in [1.165, 1.54) is 37.8 Å². The zero-order valence-electron chi connectivity index (χ0n) is 11.1. The molecule has 1 fully saturated rings. The van der Waals surface area contributed by atoms with Crippen LogP contribution in [0.3, 0.4) is 0 Å². The van der Waals surface area contributed by atoms with Crippen LogP contribution in [0.1, 0.15) is 38.2 Å². The van der Waals surface area contributed by atoms with Crippen LogP contribution < -0.4 is 10.6 Å². The van der Waals surface area contributed by atoms with E-state index in [0.717, 1.165) is 11.0 Å². The van der Waals surface area contributed by atoms with E-state index in [-0.39, 0.29) is 0 Å². The molecule has 0 amide bonds. The minimum atomic E-state index is 0.573. The molecular weight excluding hydrogens is 288 g/mol. The Morgan fingerprint density at radius 2 is 2.11 bits per heavy atom. The lowest BCUT2D eigenvalue weighted by Crippen LogP contribution is -2.39. The van der Waals surface area contributed by atoms with Gasteiger partial charge in [-0.3, -0.25) is 0 Å². The summed E-state index contributed by atoms with van der Waals surface area (Å²) in [5.74, 6) is 0. The van der Waals surface area contributed by atoms with E-state index in [1.807, 2.05) is 0 Å². The third-order valence-electron chi connectivity index (χ3n) is 3.62. The fourth-order valence-corrected chi connectivity index (χ4v) is 2.79. The van der Waals surface area contributed by atoms with Crippen molar-refractivity contribution in [2.45, 2.75) is 51.2 Å². The molecular formula is C15H23BrN2. The average Bonchev–Trinajstić information content (AvgIpc) is 2.39. The molecule has 0 saturated carbocycles. The first-order valence-corrected chi connectivity index (χ1v) is 7.74. The van der Waals surface area contributed by atoms with Gasteiger partial charge in [0.25, 0.3) is 0 Å². The van der Waals surface area contributed by atoms with Crippen LogP contribution in [0.25, 0.3) is 0 Å². The van der Waals surface area contributed by atoms with E-state index < -0.39 is 0 Å². The van der Waals surface area contributed by atoms with E-state index in [2.05, 4.69) is 57.8 Å². The molecule has 1 aromatic rings. The monoisotopic (exact) mass is 310 g/mol. The molecule has 3 heteroatoms. The number of hydrogen-bond acceptors (Lipinski definition) is 2. The van der Waals surface area contributed by atoms with Gasteiger partial charge in [0.15, 0.2) is 0 Å². The molecule has 2 atom stereocenters. The Labute approximate surface area is 119 Å². The van der Waals surface area contributed by atoms with Crippen molar-refractivity contribution in [3.05, 3.63) is 34.3 Å². The Balaban J connectivity index is 1.70. The Kier molecular flexibility index (Phi) is 5.67. The highest BCUT2D eigenvalue weighted by Gasteiger charge is 2.15. The van der Waals surface area contributed by atoms with Crippen molar-refractivity contribution < 1.29 is 0 Å². The van der Waals surface area contributed by atoms with Gasteiger partial charge in [-0.2, -0.15) is 0 Å². The van der Waals surface area contributed by atoms with E-state index in [0.29, 0.717) is 12.1 Å². The molecule has 1 saturated heterocycles. The molecule has 2 N–H and O–H groups in total. The molecule has 1 aromatic carbocycles. The van der Waals surface area contributed by atoms with Crippen LogP contribution in [0.2, 0.25) is 0 Å². The SMILES string of the molecule is CC(CC1CCCCN1)NCc1ccc(Br)cc1. The van der Waals surface area contributed by atoms with Crippen molar-refractivity contribution in [2.75, 3.05) is 6.54 Å². The molecule has 0 bridgehead atoms. The first-order valence-electron chi connectivity index (χ1n) is 6.95. The van der Waals surface area contributed by atoms with E-state index >= 15 is 0 Å². The lowest BCUT2D eigenvalue weighted by atomic mass is 9.99. The second-order valence-corrected chi connectivity index (χ2v) is 6.21. The number of halogens is 1. The van der Waals surface area contributed by atoms with Crippen LogP contribution in [-0.2, 0) is 6.54 Å². The molecule has 0 radical (unpaired) electrons. The first-order chi connectivity index (χ1) is 8.74. The van der Waals surface area contributed by atoms with Crippen molar-refractivity contribution in [3.63, 3.8) is 0 Å². The highest BCUT2D eigenvalue weighted by molar-refractivity contribution is 9.10. The van der Waals surface area contributed by atoms with Crippen LogP contribution in [0.15, 0.2) is 28.7 Å². The van der Waals surface area contributed by atoms with Gasteiger partial charge in [-0.15, -0.1) is 0 Å². The first kappa shape index (κ1) is 14.0. The minimum Gasteiger partial charge on any atom is -0.314 e. The largest absolute Gasteiger partial charge is 0.314 e. The number of hydrogen-bond donors (Lipinski definition) is 2. The number of nitrogens with one attached hydrogen (secondary N) is 2. The fourth-order valence-electron chi connectivity index (χ4n) is 2.53. The molecule has 100 valence electrons. The molecule has 2 unspecified atom stereocenters. The zero-order chi connectivity index (χ0) is 12.8. The third-order valence-corrected chi connectivity index (χ3v) is 4.15. The summed E-state index contributed by atoms with van der Waals surface area (Å²) < 4.78 is 1.14. The summed E-state index contributed by atoms with van der Waals surface area (Å²) in [5, 5.41) is 7.22. The molecule has 0 aliphatic carbocycles. The maximum absolute atomic E-state index is 3.61. The maximum atomic E-state index is 3.61. The smallest absolute Gasteiger partial charge is 0.0207 e. The lowest BCUT2D eigenvalue weighted by Gasteiger charge is -2.26. The molecule has 18 heavy (non-hydrogen) atoms.